The Balaban J connectivity index is 1.47. The molecule has 0 atom stereocenters. The van der Waals surface area contributed by atoms with Crippen LogP contribution in [0.3, 0.4) is 0 Å². The van der Waals surface area contributed by atoms with Gasteiger partial charge in [-0.2, -0.15) is 0 Å². The van der Waals surface area contributed by atoms with Crippen molar-refractivity contribution in [1.29, 1.82) is 0 Å². The van der Waals surface area contributed by atoms with Gasteiger partial charge < -0.3 is 10.6 Å². The molecule has 0 bridgehead atoms. The van der Waals surface area contributed by atoms with Crippen LogP contribution in [0.15, 0.2) is 67.0 Å². The summed E-state index contributed by atoms with van der Waals surface area (Å²) in [6.45, 7) is 1.97. The average molecular weight is 429 g/mol. The van der Waals surface area contributed by atoms with Gasteiger partial charge in [0.15, 0.2) is 0 Å². The van der Waals surface area contributed by atoms with Gasteiger partial charge in [0.05, 0.1) is 22.5 Å². The zero-order valence-electron chi connectivity index (χ0n) is 17.3. The van der Waals surface area contributed by atoms with Crippen LogP contribution in [0.4, 0.5) is 10.1 Å². The van der Waals surface area contributed by atoms with Gasteiger partial charge in [0.25, 0.3) is 11.8 Å². The average Bonchev–Trinajstić information content (AvgIpc) is 2.80. The van der Waals surface area contributed by atoms with E-state index in [1.165, 1.54) is 18.3 Å². The summed E-state index contributed by atoms with van der Waals surface area (Å²) >= 11 is 0. The maximum absolute atomic E-state index is 13.9. The molecule has 2 amide bonds. The summed E-state index contributed by atoms with van der Waals surface area (Å²) < 4.78 is 13.9. The smallest absolute Gasteiger partial charge is 0.259 e. The minimum Gasteiger partial charge on any atom is -0.352 e. The first-order valence-electron chi connectivity index (χ1n) is 10.0. The van der Waals surface area contributed by atoms with Crippen LogP contribution < -0.4 is 10.6 Å². The molecular formula is C24H20FN5O2. The number of aromatic nitrogens is 3. The third-order valence-electron chi connectivity index (χ3n) is 4.89. The van der Waals surface area contributed by atoms with Gasteiger partial charge in [0, 0.05) is 36.3 Å². The van der Waals surface area contributed by atoms with Crippen molar-refractivity contribution in [3.63, 3.8) is 0 Å². The molecular weight excluding hydrogens is 409 g/mol. The monoisotopic (exact) mass is 429 g/mol. The molecule has 0 spiro atoms. The molecule has 2 aromatic heterocycles. The first-order chi connectivity index (χ1) is 15.5. The Hall–Kier alpha value is -4.20. The second-order valence-corrected chi connectivity index (χ2v) is 7.09. The fourth-order valence-corrected chi connectivity index (χ4v) is 3.34. The van der Waals surface area contributed by atoms with Crippen LogP contribution in [-0.4, -0.2) is 33.3 Å². The molecule has 2 aromatic carbocycles. The molecule has 4 rings (SSSR count). The molecule has 0 aliphatic heterocycles. The van der Waals surface area contributed by atoms with E-state index in [1.807, 2.05) is 12.1 Å². The number of amides is 2. The fraction of sp³-hybridized carbons (Fsp3) is 0.125. The zero-order chi connectivity index (χ0) is 22.5. The van der Waals surface area contributed by atoms with Gasteiger partial charge >= 0.3 is 0 Å². The molecule has 0 saturated heterocycles. The predicted octanol–water partition coefficient (Wildman–Crippen LogP) is 3.70. The van der Waals surface area contributed by atoms with Crippen molar-refractivity contribution in [3.8, 4) is 0 Å². The number of aryl methyl sites for hydroxylation is 1. The Labute approximate surface area is 183 Å². The summed E-state index contributed by atoms with van der Waals surface area (Å²) in [7, 11) is 0. The molecule has 2 heterocycles. The molecule has 0 saturated carbocycles. The second-order valence-electron chi connectivity index (χ2n) is 7.09. The first kappa shape index (κ1) is 21.0. The molecule has 0 aliphatic carbocycles. The lowest BCUT2D eigenvalue weighted by Gasteiger charge is -2.11. The molecule has 4 aromatic rings. The second kappa shape index (κ2) is 9.30. The number of pyridine rings is 1. The number of hydrogen-bond donors (Lipinski definition) is 2. The van der Waals surface area contributed by atoms with Crippen molar-refractivity contribution in [2.75, 3.05) is 11.9 Å². The highest BCUT2D eigenvalue weighted by Gasteiger charge is 2.16. The Morgan fingerprint density at radius 2 is 1.78 bits per heavy atom. The van der Waals surface area contributed by atoms with E-state index in [0.29, 0.717) is 23.5 Å². The normalized spacial score (nSPS) is 10.7. The van der Waals surface area contributed by atoms with Gasteiger partial charge in [0.2, 0.25) is 0 Å². The summed E-state index contributed by atoms with van der Waals surface area (Å²) in [5, 5.41) is 6.17. The maximum atomic E-state index is 13.9. The van der Waals surface area contributed by atoms with Crippen LogP contribution in [0.1, 0.15) is 32.2 Å². The molecule has 7 nitrogen and oxygen atoms in total. The number of nitrogens with one attached hydrogen (secondary N) is 2. The number of nitrogens with zero attached hydrogens (tertiary/aromatic N) is 3. The van der Waals surface area contributed by atoms with Crippen molar-refractivity contribution in [2.24, 2.45) is 0 Å². The van der Waals surface area contributed by atoms with Gasteiger partial charge in [-0.15, -0.1) is 0 Å². The minimum atomic E-state index is -0.535. The van der Waals surface area contributed by atoms with Crippen LogP contribution >= 0.6 is 0 Å². The zero-order valence-corrected chi connectivity index (χ0v) is 17.3. The third-order valence-corrected chi connectivity index (χ3v) is 4.89. The summed E-state index contributed by atoms with van der Waals surface area (Å²) in [6.07, 6.45) is 3.39. The van der Waals surface area contributed by atoms with E-state index in [9.17, 15) is 14.0 Å². The van der Waals surface area contributed by atoms with E-state index in [0.717, 1.165) is 10.9 Å². The Morgan fingerprint density at radius 3 is 2.62 bits per heavy atom. The topological polar surface area (TPSA) is 96.9 Å². The summed E-state index contributed by atoms with van der Waals surface area (Å²) in [5.74, 6) is -0.801. The Morgan fingerprint density at radius 1 is 0.938 bits per heavy atom. The lowest BCUT2D eigenvalue weighted by Crippen LogP contribution is -2.27. The number of carbonyl (C=O) groups is 2. The Bertz CT molecular complexity index is 1300. The van der Waals surface area contributed by atoms with E-state index >= 15 is 0 Å². The number of para-hydroxylation sites is 1. The molecule has 0 fully saturated rings. The van der Waals surface area contributed by atoms with Gasteiger partial charge in [-0.3, -0.25) is 14.6 Å². The van der Waals surface area contributed by atoms with E-state index in [4.69, 9.17) is 0 Å². The molecule has 32 heavy (non-hydrogen) atoms. The van der Waals surface area contributed by atoms with Crippen molar-refractivity contribution >= 4 is 28.4 Å². The van der Waals surface area contributed by atoms with Crippen LogP contribution in [0, 0.1) is 12.7 Å². The number of fused-ring (bicyclic) bond motifs is 1. The molecule has 8 heteroatoms. The van der Waals surface area contributed by atoms with Crippen LogP contribution in [0.5, 0.6) is 0 Å². The third kappa shape index (κ3) is 4.59. The predicted molar refractivity (Wildman–Crippen MR) is 119 cm³/mol. The lowest BCUT2D eigenvalue weighted by atomic mass is 10.1. The van der Waals surface area contributed by atoms with Gasteiger partial charge in [-0.1, -0.05) is 24.3 Å². The van der Waals surface area contributed by atoms with E-state index in [-0.39, 0.29) is 23.7 Å². The number of rotatable bonds is 6. The fourth-order valence-electron chi connectivity index (χ4n) is 3.34. The number of carbonyl (C=O) groups excluding carboxylic acids is 2. The summed E-state index contributed by atoms with van der Waals surface area (Å²) in [6, 6.07) is 14.9. The number of hydrogen-bond acceptors (Lipinski definition) is 5. The lowest BCUT2D eigenvalue weighted by molar-refractivity contribution is 0.0955. The standard InChI is InChI=1S/C24H20FN5O2/c1-15-28-14-18(24(32)30-22-9-3-2-8-19(22)25)21(29-15)11-13-27-23(31)17-6-4-10-20-16(17)7-5-12-26-20/h2-10,12,14H,11,13H2,1H3,(H,27,31)(H,30,32). The van der Waals surface area contributed by atoms with Crippen LogP contribution in [0.2, 0.25) is 0 Å². The van der Waals surface area contributed by atoms with E-state index < -0.39 is 11.7 Å². The summed E-state index contributed by atoms with van der Waals surface area (Å²) in [4.78, 5) is 38.1. The minimum absolute atomic E-state index is 0.0712. The molecule has 0 aliphatic rings. The van der Waals surface area contributed by atoms with Crippen LogP contribution in [-0.2, 0) is 6.42 Å². The maximum Gasteiger partial charge on any atom is 0.259 e. The van der Waals surface area contributed by atoms with Crippen molar-refractivity contribution in [3.05, 3.63) is 95.5 Å². The molecule has 0 unspecified atom stereocenters. The van der Waals surface area contributed by atoms with Gasteiger partial charge in [-0.05, 0) is 37.3 Å². The SMILES string of the molecule is Cc1ncc(C(=O)Nc2ccccc2F)c(CCNC(=O)c2cccc3ncccc23)n1. The van der Waals surface area contributed by atoms with E-state index in [1.54, 1.807) is 43.5 Å². The highest BCUT2D eigenvalue weighted by atomic mass is 19.1. The summed E-state index contributed by atoms with van der Waals surface area (Å²) in [5.41, 5.74) is 2.02. The molecule has 160 valence electrons. The van der Waals surface area contributed by atoms with Gasteiger partial charge in [-0.25, -0.2) is 14.4 Å². The quantitative estimate of drug-likeness (QED) is 0.487. The Kier molecular flexibility index (Phi) is 6.12. The van der Waals surface area contributed by atoms with Gasteiger partial charge in [0.1, 0.15) is 11.6 Å². The number of benzene rings is 2. The molecule has 0 radical (unpaired) electrons. The number of halogens is 1. The number of anilines is 1. The van der Waals surface area contributed by atoms with E-state index in [2.05, 4.69) is 25.6 Å². The largest absolute Gasteiger partial charge is 0.352 e. The van der Waals surface area contributed by atoms with Crippen molar-refractivity contribution in [2.45, 2.75) is 13.3 Å². The first-order valence-corrected chi connectivity index (χ1v) is 10.0. The highest BCUT2D eigenvalue weighted by molar-refractivity contribution is 6.06. The molecule has 2 N–H and O–H groups in total. The van der Waals surface area contributed by atoms with Crippen LogP contribution in [0.25, 0.3) is 10.9 Å². The van der Waals surface area contributed by atoms with Crippen molar-refractivity contribution in [1.82, 2.24) is 20.3 Å². The van der Waals surface area contributed by atoms with Crippen molar-refractivity contribution < 1.29 is 14.0 Å². The highest BCUT2D eigenvalue weighted by Crippen LogP contribution is 2.17.